The lowest BCUT2D eigenvalue weighted by molar-refractivity contribution is -0.0362. The van der Waals surface area contributed by atoms with E-state index in [-0.39, 0.29) is 22.8 Å². The van der Waals surface area contributed by atoms with E-state index >= 15 is 0 Å². The Bertz CT molecular complexity index is 820. The molecule has 1 amide bonds. The van der Waals surface area contributed by atoms with Crippen molar-refractivity contribution >= 4 is 16.9 Å². The second-order valence-electron chi connectivity index (χ2n) is 7.74. The monoisotopic (exact) mass is 374 g/mol. The molecule has 1 aliphatic heterocycles. The first-order chi connectivity index (χ1) is 13.1. The number of morpholine rings is 1. The predicted molar refractivity (Wildman–Crippen MR) is 101 cm³/mol. The molecule has 6 heteroatoms. The van der Waals surface area contributed by atoms with E-state index in [1.165, 1.54) is 25.3 Å². The molecule has 5 nitrogen and oxygen atoms in total. The topological polar surface area (TPSA) is 54.7 Å². The lowest BCUT2D eigenvalue weighted by atomic mass is 9.79. The van der Waals surface area contributed by atoms with Crippen molar-refractivity contribution in [1.82, 2.24) is 10.2 Å². The second-order valence-corrected chi connectivity index (χ2v) is 7.74. The highest BCUT2D eigenvalue weighted by molar-refractivity contribution is 5.99. The average Bonchev–Trinajstić information content (AvgIpc) is 3.06. The SMILES string of the molecule is Cc1c(C(=O)NCC2(N3CCOCC3)CCCCC2)oc2c(F)cccc12. The molecular formula is C21H27FN2O3. The summed E-state index contributed by atoms with van der Waals surface area (Å²) in [5.74, 6) is -0.490. The standard InChI is InChI=1S/C21H27FN2O3/c1-15-16-6-5-7-17(22)19(16)27-18(15)20(25)23-14-21(8-3-2-4-9-21)24-10-12-26-13-11-24/h5-7H,2-4,8-14H2,1H3,(H,23,25). The molecule has 2 aliphatic rings. The molecule has 2 heterocycles. The number of ether oxygens (including phenoxy) is 1. The first-order valence-electron chi connectivity index (χ1n) is 9.89. The molecule has 4 rings (SSSR count). The molecule has 146 valence electrons. The number of hydrogen-bond acceptors (Lipinski definition) is 4. The number of aryl methyl sites for hydroxylation is 1. The van der Waals surface area contributed by atoms with Gasteiger partial charge in [0.25, 0.3) is 5.91 Å². The van der Waals surface area contributed by atoms with Crippen LogP contribution in [0.3, 0.4) is 0 Å². The summed E-state index contributed by atoms with van der Waals surface area (Å²) in [4.78, 5) is 15.3. The van der Waals surface area contributed by atoms with Gasteiger partial charge >= 0.3 is 0 Å². The summed E-state index contributed by atoms with van der Waals surface area (Å²) in [5, 5.41) is 3.74. The molecule has 0 bridgehead atoms. The number of hydrogen-bond donors (Lipinski definition) is 1. The molecule has 0 spiro atoms. The molecule has 1 aromatic heterocycles. The Morgan fingerprint density at radius 1 is 1.22 bits per heavy atom. The van der Waals surface area contributed by atoms with Crippen molar-refractivity contribution in [2.45, 2.75) is 44.6 Å². The van der Waals surface area contributed by atoms with E-state index in [2.05, 4.69) is 10.2 Å². The lowest BCUT2D eigenvalue weighted by Gasteiger charge is -2.48. The fourth-order valence-electron chi connectivity index (χ4n) is 4.60. The van der Waals surface area contributed by atoms with Crippen molar-refractivity contribution in [1.29, 1.82) is 0 Å². The van der Waals surface area contributed by atoms with Gasteiger partial charge in [0.2, 0.25) is 0 Å². The number of halogens is 1. The number of rotatable bonds is 4. The van der Waals surface area contributed by atoms with E-state index in [4.69, 9.17) is 9.15 Å². The fourth-order valence-corrected chi connectivity index (χ4v) is 4.60. The van der Waals surface area contributed by atoms with Gasteiger partial charge in [-0.1, -0.05) is 31.4 Å². The predicted octanol–water partition coefficient (Wildman–Crippen LogP) is 3.65. The third kappa shape index (κ3) is 3.48. The second kappa shape index (κ2) is 7.60. The van der Waals surface area contributed by atoms with Crippen molar-refractivity contribution < 1.29 is 18.3 Å². The highest BCUT2D eigenvalue weighted by Gasteiger charge is 2.39. The first-order valence-corrected chi connectivity index (χ1v) is 9.89. The van der Waals surface area contributed by atoms with Gasteiger partial charge in [0.15, 0.2) is 17.2 Å². The van der Waals surface area contributed by atoms with E-state index < -0.39 is 5.82 Å². The summed E-state index contributed by atoms with van der Waals surface area (Å²) in [6.45, 7) is 5.70. The molecule has 0 radical (unpaired) electrons. The van der Waals surface area contributed by atoms with Crippen LogP contribution >= 0.6 is 0 Å². The number of carbonyl (C=O) groups excluding carboxylic acids is 1. The van der Waals surface area contributed by atoms with Crippen LogP contribution in [0.4, 0.5) is 4.39 Å². The number of amides is 1. The molecule has 1 saturated carbocycles. The zero-order valence-corrected chi connectivity index (χ0v) is 15.9. The maximum Gasteiger partial charge on any atom is 0.287 e. The van der Waals surface area contributed by atoms with Crippen LogP contribution in [0.1, 0.15) is 48.2 Å². The van der Waals surface area contributed by atoms with Crippen molar-refractivity contribution in [2.75, 3.05) is 32.8 Å². The van der Waals surface area contributed by atoms with E-state index in [9.17, 15) is 9.18 Å². The number of benzene rings is 1. The third-order valence-electron chi connectivity index (χ3n) is 6.17. The minimum atomic E-state index is -0.438. The number of fused-ring (bicyclic) bond motifs is 1. The zero-order chi connectivity index (χ0) is 18.9. The summed E-state index contributed by atoms with van der Waals surface area (Å²) in [6, 6.07) is 4.77. The van der Waals surface area contributed by atoms with Gasteiger partial charge in [0, 0.05) is 36.1 Å². The number of para-hydroxylation sites is 1. The van der Waals surface area contributed by atoms with Gasteiger partial charge in [-0.15, -0.1) is 0 Å². The smallest absolute Gasteiger partial charge is 0.287 e. The van der Waals surface area contributed by atoms with Gasteiger partial charge in [-0.3, -0.25) is 9.69 Å². The average molecular weight is 374 g/mol. The van der Waals surface area contributed by atoms with Crippen LogP contribution in [0.2, 0.25) is 0 Å². The molecule has 1 aliphatic carbocycles. The quantitative estimate of drug-likeness (QED) is 0.888. The molecular weight excluding hydrogens is 347 g/mol. The fraction of sp³-hybridized carbons (Fsp3) is 0.571. The Labute approximate surface area is 158 Å². The van der Waals surface area contributed by atoms with Crippen LogP contribution in [-0.2, 0) is 4.74 Å². The van der Waals surface area contributed by atoms with Crippen molar-refractivity contribution in [3.8, 4) is 0 Å². The first kappa shape index (κ1) is 18.4. The van der Waals surface area contributed by atoms with E-state index in [0.29, 0.717) is 17.5 Å². The Hall–Kier alpha value is -1.92. The van der Waals surface area contributed by atoms with Crippen molar-refractivity contribution in [3.05, 3.63) is 35.3 Å². The highest BCUT2D eigenvalue weighted by atomic mass is 19.1. The summed E-state index contributed by atoms with van der Waals surface area (Å²) < 4.78 is 25.1. The van der Waals surface area contributed by atoms with Gasteiger partial charge in [0.1, 0.15) is 0 Å². The minimum Gasteiger partial charge on any atom is -0.448 e. The third-order valence-corrected chi connectivity index (χ3v) is 6.17. The molecule has 2 fully saturated rings. The summed E-state index contributed by atoms with van der Waals surface area (Å²) in [6.07, 6.45) is 5.79. The van der Waals surface area contributed by atoms with Crippen LogP contribution in [0.15, 0.2) is 22.6 Å². The number of nitrogens with zero attached hydrogens (tertiary/aromatic N) is 1. The van der Waals surface area contributed by atoms with Gasteiger partial charge in [-0.05, 0) is 25.8 Å². The van der Waals surface area contributed by atoms with Gasteiger partial charge in [0.05, 0.1) is 13.2 Å². The molecule has 1 saturated heterocycles. The summed E-state index contributed by atoms with van der Waals surface area (Å²) in [7, 11) is 0. The van der Waals surface area contributed by atoms with Crippen LogP contribution in [0.25, 0.3) is 11.0 Å². The largest absolute Gasteiger partial charge is 0.448 e. The summed E-state index contributed by atoms with van der Waals surface area (Å²) >= 11 is 0. The highest BCUT2D eigenvalue weighted by Crippen LogP contribution is 2.34. The van der Waals surface area contributed by atoms with E-state index in [0.717, 1.165) is 39.1 Å². The van der Waals surface area contributed by atoms with Crippen LogP contribution in [-0.4, -0.2) is 49.2 Å². The number of nitrogens with one attached hydrogen (secondary N) is 1. The molecule has 0 atom stereocenters. The number of carbonyl (C=O) groups is 1. The Morgan fingerprint density at radius 3 is 2.67 bits per heavy atom. The van der Waals surface area contributed by atoms with E-state index in [1.807, 2.05) is 0 Å². The van der Waals surface area contributed by atoms with Crippen LogP contribution < -0.4 is 5.32 Å². The van der Waals surface area contributed by atoms with Crippen molar-refractivity contribution in [2.24, 2.45) is 0 Å². The Kier molecular flexibility index (Phi) is 5.19. The Morgan fingerprint density at radius 2 is 1.96 bits per heavy atom. The lowest BCUT2D eigenvalue weighted by Crippen LogP contribution is -2.59. The molecule has 27 heavy (non-hydrogen) atoms. The number of furan rings is 1. The maximum atomic E-state index is 14.0. The van der Waals surface area contributed by atoms with Gasteiger partial charge < -0.3 is 14.5 Å². The Balaban J connectivity index is 1.53. The molecule has 0 unspecified atom stereocenters. The van der Waals surface area contributed by atoms with Crippen molar-refractivity contribution in [3.63, 3.8) is 0 Å². The minimum absolute atomic E-state index is 0.0111. The molecule has 1 N–H and O–H groups in total. The van der Waals surface area contributed by atoms with Gasteiger partial charge in [-0.25, -0.2) is 4.39 Å². The zero-order valence-electron chi connectivity index (χ0n) is 15.9. The van der Waals surface area contributed by atoms with Crippen LogP contribution in [0, 0.1) is 12.7 Å². The normalized spacial score (nSPS) is 20.7. The van der Waals surface area contributed by atoms with Gasteiger partial charge in [-0.2, -0.15) is 0 Å². The van der Waals surface area contributed by atoms with Crippen LogP contribution in [0.5, 0.6) is 0 Å². The van der Waals surface area contributed by atoms with E-state index in [1.54, 1.807) is 19.1 Å². The summed E-state index contributed by atoms with van der Waals surface area (Å²) in [5.41, 5.74) is 0.829. The molecule has 1 aromatic carbocycles. The maximum absolute atomic E-state index is 14.0. The molecule has 2 aromatic rings.